The van der Waals surface area contributed by atoms with E-state index in [1.807, 2.05) is 24.3 Å². The number of nitrogens with zero attached hydrogens (tertiary/aromatic N) is 3. The first-order valence-corrected chi connectivity index (χ1v) is 6.03. The van der Waals surface area contributed by atoms with E-state index in [-0.39, 0.29) is 0 Å². The van der Waals surface area contributed by atoms with Crippen molar-refractivity contribution in [3.05, 3.63) is 30.1 Å². The monoisotopic (exact) mass is 245 g/mol. The van der Waals surface area contributed by atoms with E-state index >= 15 is 0 Å². The molecule has 0 spiro atoms. The van der Waals surface area contributed by atoms with Gasteiger partial charge >= 0.3 is 0 Å². The SMILES string of the molecule is COc1cccc(-c2nnc3n2CCOCC3)c1. The lowest BCUT2D eigenvalue weighted by atomic mass is 10.2. The maximum atomic E-state index is 5.46. The molecule has 0 aliphatic carbocycles. The molecule has 0 saturated carbocycles. The van der Waals surface area contributed by atoms with E-state index in [4.69, 9.17) is 9.47 Å². The molecule has 0 atom stereocenters. The molecule has 1 aliphatic heterocycles. The van der Waals surface area contributed by atoms with Crippen LogP contribution in [0.2, 0.25) is 0 Å². The Morgan fingerprint density at radius 3 is 3.11 bits per heavy atom. The lowest BCUT2D eigenvalue weighted by Gasteiger charge is -2.07. The van der Waals surface area contributed by atoms with Crippen LogP contribution in [0, 0.1) is 0 Å². The molecule has 0 N–H and O–H groups in total. The third kappa shape index (κ3) is 1.97. The molecule has 1 aliphatic rings. The molecule has 0 saturated heterocycles. The van der Waals surface area contributed by atoms with Gasteiger partial charge in [-0.15, -0.1) is 10.2 Å². The maximum absolute atomic E-state index is 5.46. The lowest BCUT2D eigenvalue weighted by molar-refractivity contribution is 0.140. The third-order valence-corrected chi connectivity index (χ3v) is 3.08. The van der Waals surface area contributed by atoms with Crippen molar-refractivity contribution in [3.8, 4) is 17.1 Å². The molecule has 18 heavy (non-hydrogen) atoms. The Balaban J connectivity index is 2.03. The van der Waals surface area contributed by atoms with E-state index in [0.717, 1.165) is 42.5 Å². The summed E-state index contributed by atoms with van der Waals surface area (Å²) in [4.78, 5) is 0. The summed E-state index contributed by atoms with van der Waals surface area (Å²) in [6.45, 7) is 2.23. The summed E-state index contributed by atoms with van der Waals surface area (Å²) >= 11 is 0. The third-order valence-electron chi connectivity index (χ3n) is 3.08. The first kappa shape index (κ1) is 11.2. The zero-order valence-corrected chi connectivity index (χ0v) is 10.3. The summed E-state index contributed by atoms with van der Waals surface area (Å²) < 4.78 is 12.8. The van der Waals surface area contributed by atoms with E-state index in [9.17, 15) is 0 Å². The molecule has 5 nitrogen and oxygen atoms in total. The van der Waals surface area contributed by atoms with E-state index in [1.54, 1.807) is 7.11 Å². The minimum absolute atomic E-state index is 0.710. The highest BCUT2D eigenvalue weighted by molar-refractivity contribution is 5.58. The first-order chi connectivity index (χ1) is 8.88. The Morgan fingerprint density at radius 1 is 1.28 bits per heavy atom. The molecule has 94 valence electrons. The molecule has 3 rings (SSSR count). The quantitative estimate of drug-likeness (QED) is 0.805. The van der Waals surface area contributed by atoms with Gasteiger partial charge in [-0.2, -0.15) is 0 Å². The van der Waals surface area contributed by atoms with Gasteiger partial charge < -0.3 is 14.0 Å². The van der Waals surface area contributed by atoms with Gasteiger partial charge in [-0.25, -0.2) is 0 Å². The molecule has 0 unspecified atom stereocenters. The van der Waals surface area contributed by atoms with Gasteiger partial charge in [-0.05, 0) is 12.1 Å². The van der Waals surface area contributed by atoms with Gasteiger partial charge in [-0.1, -0.05) is 12.1 Å². The van der Waals surface area contributed by atoms with Crippen molar-refractivity contribution < 1.29 is 9.47 Å². The summed E-state index contributed by atoms with van der Waals surface area (Å²) in [5.41, 5.74) is 1.02. The number of rotatable bonds is 2. The summed E-state index contributed by atoms with van der Waals surface area (Å²) in [5.74, 6) is 2.70. The number of ether oxygens (including phenoxy) is 2. The molecule has 0 amide bonds. The van der Waals surface area contributed by atoms with Gasteiger partial charge in [0.25, 0.3) is 0 Å². The van der Waals surface area contributed by atoms with Crippen LogP contribution in [-0.2, 0) is 17.7 Å². The van der Waals surface area contributed by atoms with Crippen LogP contribution in [0.25, 0.3) is 11.4 Å². The standard InChI is InChI=1S/C13H15N3O2/c1-17-11-4-2-3-10(9-11)13-15-14-12-5-7-18-8-6-16(12)13/h2-4,9H,5-8H2,1H3. The predicted molar refractivity (Wildman–Crippen MR) is 66.5 cm³/mol. The van der Waals surface area contributed by atoms with Crippen molar-refractivity contribution >= 4 is 0 Å². The Morgan fingerprint density at radius 2 is 2.22 bits per heavy atom. The second kappa shape index (κ2) is 4.78. The topological polar surface area (TPSA) is 49.2 Å². The summed E-state index contributed by atoms with van der Waals surface area (Å²) in [6, 6.07) is 7.88. The number of fused-ring (bicyclic) bond motifs is 1. The van der Waals surface area contributed by atoms with Crippen molar-refractivity contribution in [3.63, 3.8) is 0 Å². The highest BCUT2D eigenvalue weighted by Gasteiger charge is 2.16. The highest BCUT2D eigenvalue weighted by Crippen LogP contribution is 2.23. The summed E-state index contributed by atoms with van der Waals surface area (Å²) in [6.07, 6.45) is 0.816. The summed E-state index contributed by atoms with van der Waals surface area (Å²) in [5, 5.41) is 8.53. The van der Waals surface area contributed by atoms with Crippen molar-refractivity contribution in [2.45, 2.75) is 13.0 Å². The van der Waals surface area contributed by atoms with Crippen LogP contribution in [-0.4, -0.2) is 35.1 Å². The fourth-order valence-corrected chi connectivity index (χ4v) is 2.15. The smallest absolute Gasteiger partial charge is 0.164 e. The average Bonchev–Trinajstić information content (AvgIpc) is 2.68. The molecule has 5 heteroatoms. The van der Waals surface area contributed by atoms with E-state index in [1.165, 1.54) is 0 Å². The lowest BCUT2D eigenvalue weighted by Crippen LogP contribution is -2.05. The molecule has 0 radical (unpaired) electrons. The van der Waals surface area contributed by atoms with Crippen LogP contribution >= 0.6 is 0 Å². The fraction of sp³-hybridized carbons (Fsp3) is 0.385. The molecule has 1 aromatic heterocycles. The largest absolute Gasteiger partial charge is 0.497 e. The van der Waals surface area contributed by atoms with Crippen molar-refractivity contribution in [1.82, 2.24) is 14.8 Å². The van der Waals surface area contributed by atoms with Crippen LogP contribution in [0.5, 0.6) is 5.75 Å². The van der Waals surface area contributed by atoms with E-state index in [2.05, 4.69) is 14.8 Å². The van der Waals surface area contributed by atoms with Gasteiger partial charge in [0.05, 0.1) is 20.3 Å². The molecule has 2 aromatic rings. The molecule has 2 heterocycles. The van der Waals surface area contributed by atoms with Crippen LogP contribution in [0.1, 0.15) is 5.82 Å². The number of aromatic nitrogens is 3. The number of benzene rings is 1. The van der Waals surface area contributed by atoms with Gasteiger partial charge in [0.2, 0.25) is 0 Å². The zero-order chi connectivity index (χ0) is 12.4. The van der Waals surface area contributed by atoms with Crippen LogP contribution in [0.3, 0.4) is 0 Å². The molecule has 0 bridgehead atoms. The molecule has 1 aromatic carbocycles. The first-order valence-electron chi connectivity index (χ1n) is 6.03. The number of hydrogen-bond acceptors (Lipinski definition) is 4. The van der Waals surface area contributed by atoms with Gasteiger partial charge in [0.1, 0.15) is 11.6 Å². The maximum Gasteiger partial charge on any atom is 0.164 e. The van der Waals surface area contributed by atoms with Gasteiger partial charge in [-0.3, -0.25) is 0 Å². The second-order valence-corrected chi connectivity index (χ2v) is 4.19. The Hall–Kier alpha value is -1.88. The van der Waals surface area contributed by atoms with Crippen molar-refractivity contribution in [1.29, 1.82) is 0 Å². The van der Waals surface area contributed by atoms with Gasteiger partial charge in [0.15, 0.2) is 5.82 Å². The Labute approximate surface area is 105 Å². The molecule has 0 fully saturated rings. The van der Waals surface area contributed by atoms with Crippen LogP contribution in [0.15, 0.2) is 24.3 Å². The van der Waals surface area contributed by atoms with Crippen LogP contribution in [0.4, 0.5) is 0 Å². The minimum Gasteiger partial charge on any atom is -0.497 e. The molecular formula is C13H15N3O2. The van der Waals surface area contributed by atoms with Crippen molar-refractivity contribution in [2.24, 2.45) is 0 Å². The fourth-order valence-electron chi connectivity index (χ4n) is 2.15. The number of hydrogen-bond donors (Lipinski definition) is 0. The van der Waals surface area contributed by atoms with E-state index in [0.29, 0.717) is 6.61 Å². The zero-order valence-electron chi connectivity index (χ0n) is 10.3. The second-order valence-electron chi connectivity index (χ2n) is 4.19. The summed E-state index contributed by atoms with van der Waals surface area (Å²) in [7, 11) is 1.66. The minimum atomic E-state index is 0.710. The van der Waals surface area contributed by atoms with E-state index < -0.39 is 0 Å². The number of methoxy groups -OCH3 is 1. The highest BCUT2D eigenvalue weighted by atomic mass is 16.5. The Kier molecular flexibility index (Phi) is 2.98. The van der Waals surface area contributed by atoms with Crippen LogP contribution < -0.4 is 4.74 Å². The van der Waals surface area contributed by atoms with Crippen molar-refractivity contribution in [2.75, 3.05) is 20.3 Å². The normalized spacial score (nSPS) is 14.9. The van der Waals surface area contributed by atoms with Gasteiger partial charge in [0, 0.05) is 18.5 Å². The molecular weight excluding hydrogens is 230 g/mol. The Bertz CT molecular complexity index is 551. The predicted octanol–water partition coefficient (Wildman–Crippen LogP) is 1.53. The average molecular weight is 245 g/mol.